The molecule has 2 aromatic rings. The number of carbonyl (C=O) groups excluding carboxylic acids is 1. The van der Waals surface area contributed by atoms with E-state index < -0.39 is 0 Å². The molecule has 0 aliphatic heterocycles. The van der Waals surface area contributed by atoms with Gasteiger partial charge in [-0.15, -0.1) is 0 Å². The highest BCUT2D eigenvalue weighted by atomic mass is 32.1. The third kappa shape index (κ3) is 4.18. The van der Waals surface area contributed by atoms with Gasteiger partial charge in [-0.25, -0.2) is 0 Å². The molecule has 0 spiro atoms. The van der Waals surface area contributed by atoms with Crippen molar-refractivity contribution >= 4 is 17.2 Å². The lowest BCUT2D eigenvalue weighted by molar-refractivity contribution is 0.1000. The number of amides is 1. The van der Waals surface area contributed by atoms with E-state index in [2.05, 4.69) is 4.98 Å². The molecule has 0 radical (unpaired) electrons. The van der Waals surface area contributed by atoms with Gasteiger partial charge in [0.25, 0.3) is 0 Å². The minimum Gasteiger partial charge on any atom is -0.366 e. The van der Waals surface area contributed by atoms with Crippen LogP contribution in [0, 0.1) is 20.8 Å². The lowest BCUT2D eigenvalue weighted by atomic mass is 10.2. The number of rotatable bonds is 1. The fourth-order valence-electron chi connectivity index (χ4n) is 1.47. The Labute approximate surface area is 109 Å². The maximum atomic E-state index is 10.7. The fourth-order valence-corrected chi connectivity index (χ4v) is 2.31. The Morgan fingerprint density at radius 2 is 1.89 bits per heavy atom. The Morgan fingerprint density at radius 3 is 2.22 bits per heavy atom. The van der Waals surface area contributed by atoms with Gasteiger partial charge in [0.05, 0.1) is 5.56 Å². The van der Waals surface area contributed by atoms with Gasteiger partial charge in [-0.05, 0) is 43.3 Å². The minimum atomic E-state index is -0.339. The molecule has 0 saturated carbocycles. The summed E-state index contributed by atoms with van der Waals surface area (Å²) < 4.78 is 0. The van der Waals surface area contributed by atoms with Gasteiger partial charge in [0, 0.05) is 17.1 Å². The topological polar surface area (TPSA) is 75.9 Å². The summed E-state index contributed by atoms with van der Waals surface area (Å²) in [6.07, 6.45) is 0. The fraction of sp³-hybridized carbons (Fsp3) is 0.231. The maximum absolute atomic E-state index is 10.7. The van der Waals surface area contributed by atoms with Crippen molar-refractivity contribution in [2.24, 2.45) is 5.73 Å². The van der Waals surface area contributed by atoms with Crippen molar-refractivity contribution in [3.05, 3.63) is 55.6 Å². The summed E-state index contributed by atoms with van der Waals surface area (Å²) in [7, 11) is 0. The highest BCUT2D eigenvalue weighted by molar-refractivity contribution is 7.08. The number of aromatic nitrogens is 1. The average molecular weight is 264 g/mol. The molecular weight excluding hydrogens is 248 g/mol. The highest BCUT2D eigenvalue weighted by Gasteiger charge is 2.02. The average Bonchev–Trinajstić information content (AvgIpc) is 2.62. The van der Waals surface area contributed by atoms with Gasteiger partial charge in [0.2, 0.25) is 11.5 Å². The molecule has 5 heteroatoms. The molecular formula is C13H16N2O2S. The zero-order chi connectivity index (χ0) is 13.7. The normalized spacial score (nSPS) is 9.50. The summed E-state index contributed by atoms with van der Waals surface area (Å²) in [5.74, 6) is -0.339. The number of primary amides is 1. The van der Waals surface area contributed by atoms with E-state index in [-0.39, 0.29) is 11.5 Å². The first kappa shape index (κ1) is 14.2. The summed E-state index contributed by atoms with van der Waals surface area (Å²) in [4.78, 5) is 23.8. The summed E-state index contributed by atoms with van der Waals surface area (Å²) in [6, 6.07) is 3.51. The predicted molar refractivity (Wildman–Crippen MR) is 74.1 cm³/mol. The molecule has 0 bridgehead atoms. The van der Waals surface area contributed by atoms with E-state index >= 15 is 0 Å². The number of hydrogen-bond donors (Lipinski definition) is 2. The van der Waals surface area contributed by atoms with E-state index in [4.69, 9.17) is 5.73 Å². The molecule has 4 nitrogen and oxygen atoms in total. The zero-order valence-electron chi connectivity index (χ0n) is 10.6. The Hall–Kier alpha value is -1.88. The first-order valence-corrected chi connectivity index (χ1v) is 6.34. The quantitative estimate of drug-likeness (QED) is 0.828. The van der Waals surface area contributed by atoms with Gasteiger partial charge in [-0.2, -0.15) is 11.3 Å². The number of nitrogens with two attached hydrogens (primary N) is 1. The van der Waals surface area contributed by atoms with Gasteiger partial charge >= 0.3 is 0 Å². The molecule has 3 N–H and O–H groups in total. The third-order valence-electron chi connectivity index (χ3n) is 2.24. The van der Waals surface area contributed by atoms with Crippen LogP contribution in [-0.2, 0) is 0 Å². The molecule has 0 aliphatic carbocycles. The SMILES string of the molecule is Cc1cc(C)[nH]c(=O)c1.Cc1cscc1C(N)=O. The van der Waals surface area contributed by atoms with Crippen LogP contribution in [0.2, 0.25) is 0 Å². The first-order chi connectivity index (χ1) is 8.40. The zero-order valence-corrected chi connectivity index (χ0v) is 11.4. The van der Waals surface area contributed by atoms with Crippen LogP contribution in [0.15, 0.2) is 27.7 Å². The summed E-state index contributed by atoms with van der Waals surface area (Å²) in [6.45, 7) is 5.65. The molecule has 0 aromatic carbocycles. The molecule has 2 rings (SSSR count). The number of hydrogen-bond acceptors (Lipinski definition) is 3. The predicted octanol–water partition coefficient (Wildman–Crippen LogP) is 2.15. The van der Waals surface area contributed by atoms with Crippen LogP contribution >= 0.6 is 11.3 Å². The molecule has 96 valence electrons. The number of H-pyrrole nitrogens is 1. The Balaban J connectivity index is 0.000000180. The van der Waals surface area contributed by atoms with E-state index in [1.165, 1.54) is 11.3 Å². The smallest absolute Gasteiger partial charge is 0.249 e. The second-order valence-corrected chi connectivity index (χ2v) is 4.78. The van der Waals surface area contributed by atoms with Crippen LogP contribution < -0.4 is 11.3 Å². The van der Waals surface area contributed by atoms with Crippen molar-refractivity contribution < 1.29 is 4.79 Å². The summed E-state index contributed by atoms with van der Waals surface area (Å²) in [5.41, 5.74) is 8.54. The summed E-state index contributed by atoms with van der Waals surface area (Å²) >= 11 is 1.49. The van der Waals surface area contributed by atoms with Crippen LogP contribution in [0.5, 0.6) is 0 Å². The standard InChI is InChI=1S/C7H9NO.C6H7NOS/c1-5-3-6(2)8-7(9)4-5;1-4-2-9-3-5(4)6(7)8/h3-4H,1-2H3,(H,8,9);2-3H,1H3,(H2,7,8). The van der Waals surface area contributed by atoms with Crippen LogP contribution in [-0.4, -0.2) is 10.9 Å². The first-order valence-electron chi connectivity index (χ1n) is 5.40. The van der Waals surface area contributed by atoms with E-state index in [9.17, 15) is 9.59 Å². The molecule has 0 unspecified atom stereocenters. The Bertz CT molecular complexity index is 576. The number of aromatic amines is 1. The van der Waals surface area contributed by atoms with E-state index in [0.29, 0.717) is 5.56 Å². The molecule has 2 aromatic heterocycles. The van der Waals surface area contributed by atoms with Gasteiger partial charge in [-0.3, -0.25) is 9.59 Å². The Kier molecular flexibility index (Phi) is 4.85. The Morgan fingerprint density at radius 1 is 1.22 bits per heavy atom. The van der Waals surface area contributed by atoms with Crippen molar-refractivity contribution in [3.8, 4) is 0 Å². The molecule has 1 amide bonds. The molecule has 0 aliphatic rings. The van der Waals surface area contributed by atoms with Gasteiger partial charge < -0.3 is 10.7 Å². The van der Waals surface area contributed by atoms with Crippen LogP contribution in [0.4, 0.5) is 0 Å². The number of aryl methyl sites for hydroxylation is 3. The molecule has 0 saturated heterocycles. The van der Waals surface area contributed by atoms with Crippen molar-refractivity contribution in [2.45, 2.75) is 20.8 Å². The lowest BCUT2D eigenvalue weighted by Gasteiger charge is -1.91. The van der Waals surface area contributed by atoms with Crippen LogP contribution in [0.1, 0.15) is 27.2 Å². The van der Waals surface area contributed by atoms with E-state index in [0.717, 1.165) is 16.8 Å². The van der Waals surface area contributed by atoms with Crippen molar-refractivity contribution in [3.63, 3.8) is 0 Å². The monoisotopic (exact) mass is 264 g/mol. The molecule has 0 fully saturated rings. The lowest BCUT2D eigenvalue weighted by Crippen LogP contribution is -2.10. The second kappa shape index (κ2) is 6.16. The molecule has 0 atom stereocenters. The maximum Gasteiger partial charge on any atom is 0.249 e. The number of thiophene rings is 1. The van der Waals surface area contributed by atoms with Crippen LogP contribution in [0.25, 0.3) is 0 Å². The number of pyridine rings is 1. The van der Waals surface area contributed by atoms with Crippen molar-refractivity contribution in [1.82, 2.24) is 4.98 Å². The van der Waals surface area contributed by atoms with Crippen molar-refractivity contribution in [1.29, 1.82) is 0 Å². The second-order valence-electron chi connectivity index (χ2n) is 4.04. The highest BCUT2D eigenvalue weighted by Crippen LogP contribution is 2.11. The number of carbonyl (C=O) groups is 1. The molecule has 18 heavy (non-hydrogen) atoms. The van der Waals surface area contributed by atoms with E-state index in [1.807, 2.05) is 32.2 Å². The molecule has 2 heterocycles. The largest absolute Gasteiger partial charge is 0.366 e. The minimum absolute atomic E-state index is 0.0208. The van der Waals surface area contributed by atoms with Crippen LogP contribution in [0.3, 0.4) is 0 Å². The van der Waals surface area contributed by atoms with E-state index in [1.54, 1.807) is 11.4 Å². The van der Waals surface area contributed by atoms with Gasteiger partial charge in [0.1, 0.15) is 0 Å². The summed E-state index contributed by atoms with van der Waals surface area (Å²) in [5, 5.41) is 3.66. The van der Waals surface area contributed by atoms with Gasteiger partial charge in [-0.1, -0.05) is 0 Å². The van der Waals surface area contributed by atoms with Gasteiger partial charge in [0.15, 0.2) is 0 Å². The number of nitrogens with one attached hydrogen (secondary N) is 1. The van der Waals surface area contributed by atoms with Crippen molar-refractivity contribution in [2.75, 3.05) is 0 Å². The third-order valence-corrected chi connectivity index (χ3v) is 3.11.